The smallest absolute Gasteiger partial charge is 0.188 e. The van der Waals surface area contributed by atoms with E-state index in [9.17, 15) is 0 Å². The molecule has 0 bridgehead atoms. The van der Waals surface area contributed by atoms with E-state index in [-0.39, 0.29) is 0 Å². The van der Waals surface area contributed by atoms with Gasteiger partial charge < -0.3 is 4.57 Å². The number of hydrogen-bond acceptors (Lipinski definition) is 3. The standard InChI is InChI=1S/C59H36N6/c1-60-48-30-32-54-52(37-48)53-38-49(61-2)31-33-55(53)65(54)56-50(42-20-11-5-12-21-42)35-47(36-51(56)43-22-13-6-14-23-43)59-63-57(44-28-26-41(27-29-44)39-16-7-3-8-17-39)62-58(64-59)46-25-15-24-45(34-46)40-18-9-4-10-19-40/h3-38H. The first kappa shape index (κ1) is 38.7. The van der Waals surface area contributed by atoms with Gasteiger partial charge in [0.25, 0.3) is 0 Å². The van der Waals surface area contributed by atoms with Crippen molar-refractivity contribution >= 4 is 33.2 Å². The van der Waals surface area contributed by atoms with Crippen molar-refractivity contribution in [1.29, 1.82) is 0 Å². The van der Waals surface area contributed by atoms with Crippen LogP contribution in [0.1, 0.15) is 0 Å². The van der Waals surface area contributed by atoms with Gasteiger partial charge in [-0.05, 0) is 86.6 Å². The maximum atomic E-state index is 7.86. The fourth-order valence-corrected chi connectivity index (χ4v) is 8.73. The normalized spacial score (nSPS) is 11.0. The van der Waals surface area contributed by atoms with Gasteiger partial charge in [0, 0.05) is 27.8 Å². The molecular formula is C59H36N6. The second kappa shape index (κ2) is 16.6. The quantitative estimate of drug-likeness (QED) is 0.143. The third-order valence-electron chi connectivity index (χ3n) is 11.9. The van der Waals surface area contributed by atoms with Crippen LogP contribution in [0.4, 0.5) is 11.4 Å². The largest absolute Gasteiger partial charge is 0.308 e. The molecule has 2 heterocycles. The van der Waals surface area contributed by atoms with Crippen molar-refractivity contribution in [3.05, 3.63) is 241 Å². The molecule has 0 aliphatic rings. The third kappa shape index (κ3) is 7.28. The molecule has 11 rings (SSSR count). The highest BCUT2D eigenvalue weighted by molar-refractivity contribution is 6.12. The molecule has 6 nitrogen and oxygen atoms in total. The van der Waals surface area contributed by atoms with Crippen LogP contribution < -0.4 is 0 Å². The predicted octanol–water partition coefficient (Wildman–Crippen LogP) is 15.7. The van der Waals surface area contributed by atoms with E-state index in [1.54, 1.807) is 0 Å². The molecule has 0 spiro atoms. The lowest BCUT2D eigenvalue weighted by atomic mass is 9.92. The molecule has 11 aromatic rings. The average molecular weight is 829 g/mol. The Morgan fingerprint density at radius 2 is 0.692 bits per heavy atom. The third-order valence-corrected chi connectivity index (χ3v) is 11.9. The van der Waals surface area contributed by atoms with E-state index in [0.29, 0.717) is 28.8 Å². The van der Waals surface area contributed by atoms with Crippen molar-refractivity contribution in [3.63, 3.8) is 0 Å². The molecule has 0 atom stereocenters. The van der Waals surface area contributed by atoms with Crippen LogP contribution in [0.2, 0.25) is 0 Å². The molecule has 0 N–H and O–H groups in total. The van der Waals surface area contributed by atoms with Crippen LogP contribution in [-0.2, 0) is 0 Å². The van der Waals surface area contributed by atoms with Crippen molar-refractivity contribution in [2.24, 2.45) is 0 Å². The molecule has 0 radical (unpaired) electrons. The van der Waals surface area contributed by atoms with Crippen LogP contribution in [0, 0.1) is 13.1 Å². The molecule has 0 amide bonds. The van der Waals surface area contributed by atoms with Gasteiger partial charge in [-0.3, -0.25) is 0 Å². The Morgan fingerprint density at radius 3 is 1.18 bits per heavy atom. The minimum absolute atomic E-state index is 0.536. The first-order chi connectivity index (χ1) is 32.1. The lowest BCUT2D eigenvalue weighted by Gasteiger charge is -2.21. The molecule has 2 aromatic heterocycles. The summed E-state index contributed by atoms with van der Waals surface area (Å²) in [6.45, 7) is 15.7. The summed E-state index contributed by atoms with van der Waals surface area (Å²) >= 11 is 0. The van der Waals surface area contributed by atoms with E-state index in [4.69, 9.17) is 28.1 Å². The van der Waals surface area contributed by atoms with Gasteiger partial charge in [0.15, 0.2) is 28.8 Å². The molecule has 302 valence electrons. The van der Waals surface area contributed by atoms with Crippen LogP contribution in [-0.4, -0.2) is 19.5 Å². The zero-order valence-electron chi connectivity index (χ0n) is 35.0. The summed E-state index contributed by atoms with van der Waals surface area (Å²) in [6.07, 6.45) is 0. The highest BCUT2D eigenvalue weighted by Crippen LogP contribution is 2.45. The van der Waals surface area contributed by atoms with E-state index in [0.717, 1.165) is 88.7 Å². The molecule has 0 saturated heterocycles. The van der Waals surface area contributed by atoms with E-state index in [2.05, 4.69) is 148 Å². The van der Waals surface area contributed by atoms with Gasteiger partial charge in [-0.15, -0.1) is 0 Å². The van der Waals surface area contributed by atoms with E-state index in [1.165, 1.54) is 0 Å². The van der Waals surface area contributed by atoms with Gasteiger partial charge in [0.1, 0.15) is 0 Å². The molecule has 0 aliphatic heterocycles. The zero-order valence-corrected chi connectivity index (χ0v) is 35.0. The second-order valence-corrected chi connectivity index (χ2v) is 15.8. The van der Waals surface area contributed by atoms with Crippen LogP contribution >= 0.6 is 0 Å². The van der Waals surface area contributed by atoms with Gasteiger partial charge in [-0.25, -0.2) is 24.6 Å². The average Bonchev–Trinajstić information content (AvgIpc) is 3.71. The van der Waals surface area contributed by atoms with Crippen LogP contribution in [0.5, 0.6) is 0 Å². The highest BCUT2D eigenvalue weighted by Gasteiger charge is 2.23. The Kier molecular flexibility index (Phi) is 9.86. The summed E-state index contributed by atoms with van der Waals surface area (Å²) in [5, 5.41) is 1.81. The molecule has 65 heavy (non-hydrogen) atoms. The predicted molar refractivity (Wildman–Crippen MR) is 265 cm³/mol. The molecular weight excluding hydrogens is 793 g/mol. The first-order valence-electron chi connectivity index (χ1n) is 21.3. The Balaban J connectivity index is 1.19. The van der Waals surface area contributed by atoms with Crippen LogP contribution in [0.25, 0.3) is 116 Å². The number of aromatic nitrogens is 4. The highest BCUT2D eigenvalue weighted by atomic mass is 15.0. The van der Waals surface area contributed by atoms with E-state index >= 15 is 0 Å². The van der Waals surface area contributed by atoms with Gasteiger partial charge in [0.2, 0.25) is 0 Å². The number of nitrogens with zero attached hydrogens (tertiary/aromatic N) is 6. The lowest BCUT2D eigenvalue weighted by Crippen LogP contribution is -2.04. The SMILES string of the molecule is [C-]#[N+]c1ccc2c(c1)c1cc([N+]#[C-])ccc1n2-c1c(-c2ccccc2)cc(-c2nc(-c3ccc(-c4ccccc4)cc3)nc(-c3cccc(-c4ccccc4)c3)n2)cc1-c1ccccc1. The number of hydrogen-bond donors (Lipinski definition) is 0. The summed E-state index contributed by atoms with van der Waals surface area (Å²) in [6, 6.07) is 74.3. The number of rotatable bonds is 8. The maximum Gasteiger partial charge on any atom is 0.188 e. The van der Waals surface area contributed by atoms with Crippen molar-refractivity contribution in [2.45, 2.75) is 0 Å². The minimum Gasteiger partial charge on any atom is -0.308 e. The van der Waals surface area contributed by atoms with E-state index in [1.807, 2.05) is 84.9 Å². The molecule has 0 saturated carbocycles. The molecule has 9 aromatic carbocycles. The molecule has 0 unspecified atom stereocenters. The summed E-state index contributed by atoms with van der Waals surface area (Å²) in [5.74, 6) is 1.67. The van der Waals surface area contributed by atoms with Gasteiger partial charge in [-0.2, -0.15) is 0 Å². The Morgan fingerprint density at radius 1 is 0.308 bits per heavy atom. The van der Waals surface area contributed by atoms with Crippen molar-refractivity contribution in [2.75, 3.05) is 0 Å². The van der Waals surface area contributed by atoms with Crippen molar-refractivity contribution < 1.29 is 0 Å². The number of benzene rings is 9. The summed E-state index contributed by atoms with van der Waals surface area (Å²) in [7, 11) is 0. The monoisotopic (exact) mass is 828 g/mol. The van der Waals surface area contributed by atoms with Crippen LogP contribution in [0.15, 0.2) is 218 Å². The van der Waals surface area contributed by atoms with Crippen LogP contribution in [0.3, 0.4) is 0 Å². The number of fused-ring (bicyclic) bond motifs is 3. The summed E-state index contributed by atoms with van der Waals surface area (Å²) < 4.78 is 2.29. The zero-order chi connectivity index (χ0) is 43.7. The van der Waals surface area contributed by atoms with Crippen molar-refractivity contribution in [3.8, 4) is 84.4 Å². The topological polar surface area (TPSA) is 52.3 Å². The Labute approximate surface area is 376 Å². The maximum absolute atomic E-state index is 7.86. The fourth-order valence-electron chi connectivity index (χ4n) is 8.73. The Bertz CT molecular complexity index is 3510. The van der Waals surface area contributed by atoms with Crippen molar-refractivity contribution in [1.82, 2.24) is 19.5 Å². The van der Waals surface area contributed by atoms with Gasteiger partial charge >= 0.3 is 0 Å². The second-order valence-electron chi connectivity index (χ2n) is 15.8. The molecule has 0 fully saturated rings. The lowest BCUT2D eigenvalue weighted by molar-refractivity contribution is 1.07. The van der Waals surface area contributed by atoms with Gasteiger partial charge in [0.05, 0.1) is 29.9 Å². The molecule has 0 aliphatic carbocycles. The fraction of sp³-hybridized carbons (Fsp3) is 0. The first-order valence-corrected chi connectivity index (χ1v) is 21.3. The van der Waals surface area contributed by atoms with Gasteiger partial charge in [-0.1, -0.05) is 176 Å². The summed E-state index contributed by atoms with van der Waals surface area (Å²) in [4.78, 5) is 23.4. The van der Waals surface area contributed by atoms with E-state index < -0.39 is 0 Å². The Hall–Kier alpha value is -9.23. The summed E-state index contributed by atoms with van der Waals surface area (Å²) in [5.41, 5.74) is 14.8. The molecule has 6 heteroatoms. The minimum atomic E-state index is 0.536.